The van der Waals surface area contributed by atoms with Crippen molar-refractivity contribution in [2.24, 2.45) is 5.73 Å². The number of hydrogen-bond donors (Lipinski definition) is 1. The van der Waals surface area contributed by atoms with Gasteiger partial charge in [-0.05, 0) is 31.0 Å². The van der Waals surface area contributed by atoms with Gasteiger partial charge in [0.05, 0.1) is 16.1 Å². The van der Waals surface area contributed by atoms with E-state index in [4.69, 9.17) is 18.0 Å². The zero-order valence-electron chi connectivity index (χ0n) is 11.3. The average Bonchev–Trinajstić information content (AvgIpc) is 2.65. The number of amides is 2. The molecule has 20 heavy (non-hydrogen) atoms. The highest BCUT2D eigenvalue weighted by atomic mass is 79.9. The fraction of sp³-hybridized carbons (Fsp3) is 0.357. The third-order valence-electron chi connectivity index (χ3n) is 3.91. The first-order valence-corrected chi connectivity index (χ1v) is 7.57. The van der Waals surface area contributed by atoms with Gasteiger partial charge in [-0.2, -0.15) is 0 Å². The predicted octanol–water partition coefficient (Wildman–Crippen LogP) is 2.89. The molecule has 0 radical (unpaired) electrons. The monoisotopic (exact) mass is 354 g/mol. The zero-order chi connectivity index (χ0) is 15.1. The smallest absolute Gasteiger partial charge is 0.262 e. The molecule has 0 unspecified atom stereocenters. The van der Waals surface area contributed by atoms with E-state index in [1.54, 1.807) is 18.2 Å². The Kier molecular flexibility index (Phi) is 3.97. The Balaban J connectivity index is 2.59. The Hall–Kier alpha value is -1.27. The third-order valence-corrected chi connectivity index (χ3v) is 4.78. The van der Waals surface area contributed by atoms with Gasteiger partial charge < -0.3 is 5.73 Å². The number of imide groups is 1. The highest BCUT2D eigenvalue weighted by molar-refractivity contribution is 9.10. The number of thiocarbonyl (C=S) groups is 1. The largest absolute Gasteiger partial charge is 0.391 e. The molecule has 1 heterocycles. The highest BCUT2D eigenvalue weighted by Crippen LogP contribution is 2.35. The quantitative estimate of drug-likeness (QED) is 0.666. The molecule has 1 aromatic rings. The summed E-state index contributed by atoms with van der Waals surface area (Å²) in [5.74, 6) is -0.656. The fourth-order valence-electron chi connectivity index (χ4n) is 2.63. The number of carbonyl (C=O) groups is 2. The molecule has 0 bridgehead atoms. The topological polar surface area (TPSA) is 63.4 Å². The summed E-state index contributed by atoms with van der Waals surface area (Å²) in [5, 5.41) is 0. The Bertz CT molecular complexity index is 611. The lowest BCUT2D eigenvalue weighted by atomic mass is 9.90. The summed E-state index contributed by atoms with van der Waals surface area (Å²) in [7, 11) is 0. The highest BCUT2D eigenvalue weighted by Gasteiger charge is 2.49. The van der Waals surface area contributed by atoms with Crippen LogP contribution in [0.2, 0.25) is 0 Å². The van der Waals surface area contributed by atoms with E-state index >= 15 is 0 Å². The van der Waals surface area contributed by atoms with Crippen molar-refractivity contribution in [3.63, 3.8) is 0 Å². The van der Waals surface area contributed by atoms with Crippen LogP contribution in [0.3, 0.4) is 0 Å². The number of carbonyl (C=O) groups excluding carboxylic acids is 2. The van der Waals surface area contributed by atoms with Crippen LogP contribution in [0.1, 0.15) is 47.4 Å². The van der Waals surface area contributed by atoms with Gasteiger partial charge in [0, 0.05) is 4.47 Å². The SMILES string of the molecule is CCC(CC)(C(N)=S)N1C(=O)c2ccc(Br)cc2C1=O. The summed E-state index contributed by atoms with van der Waals surface area (Å²) >= 11 is 8.44. The number of benzene rings is 1. The van der Waals surface area contributed by atoms with Crippen LogP contribution < -0.4 is 5.73 Å². The van der Waals surface area contributed by atoms with Crippen molar-refractivity contribution in [2.45, 2.75) is 32.2 Å². The maximum atomic E-state index is 12.6. The molecule has 1 aromatic carbocycles. The minimum Gasteiger partial charge on any atom is -0.391 e. The van der Waals surface area contributed by atoms with Gasteiger partial charge in [-0.1, -0.05) is 42.0 Å². The minimum absolute atomic E-state index is 0.177. The predicted molar refractivity (Wildman–Crippen MR) is 84.7 cm³/mol. The van der Waals surface area contributed by atoms with Crippen molar-refractivity contribution in [3.05, 3.63) is 33.8 Å². The van der Waals surface area contributed by atoms with Gasteiger partial charge in [0.2, 0.25) is 0 Å². The molecule has 106 valence electrons. The zero-order valence-corrected chi connectivity index (χ0v) is 13.7. The van der Waals surface area contributed by atoms with E-state index in [2.05, 4.69) is 15.9 Å². The van der Waals surface area contributed by atoms with Crippen molar-refractivity contribution < 1.29 is 9.59 Å². The Morgan fingerprint density at radius 3 is 2.30 bits per heavy atom. The van der Waals surface area contributed by atoms with Crippen LogP contribution in [0.5, 0.6) is 0 Å². The average molecular weight is 355 g/mol. The molecule has 0 fully saturated rings. The number of fused-ring (bicyclic) bond motifs is 1. The molecular weight excluding hydrogens is 340 g/mol. The normalized spacial score (nSPS) is 14.7. The van der Waals surface area contributed by atoms with Crippen molar-refractivity contribution in [1.82, 2.24) is 4.90 Å². The summed E-state index contributed by atoms with van der Waals surface area (Å²) < 4.78 is 0.758. The van der Waals surface area contributed by atoms with E-state index < -0.39 is 5.54 Å². The van der Waals surface area contributed by atoms with E-state index in [0.717, 1.165) is 4.47 Å². The Labute approximate surface area is 131 Å². The lowest BCUT2D eigenvalue weighted by molar-refractivity contribution is 0.0512. The molecule has 0 spiro atoms. The molecule has 1 aliphatic heterocycles. The lowest BCUT2D eigenvalue weighted by Crippen LogP contribution is -2.58. The molecule has 0 atom stereocenters. The van der Waals surface area contributed by atoms with Gasteiger partial charge in [-0.15, -0.1) is 0 Å². The van der Waals surface area contributed by atoms with Gasteiger partial charge in [0.25, 0.3) is 11.8 Å². The number of nitrogens with two attached hydrogens (primary N) is 1. The molecule has 0 aromatic heterocycles. The second-order valence-corrected chi connectivity index (χ2v) is 6.09. The first kappa shape index (κ1) is 15.1. The maximum absolute atomic E-state index is 12.6. The number of rotatable bonds is 4. The summed E-state index contributed by atoms with van der Waals surface area (Å²) in [5.41, 5.74) is 5.74. The molecule has 6 heteroatoms. The van der Waals surface area contributed by atoms with Crippen LogP contribution in [0, 0.1) is 0 Å². The molecule has 1 aliphatic rings. The molecule has 0 saturated carbocycles. The lowest BCUT2D eigenvalue weighted by Gasteiger charge is -2.38. The van der Waals surface area contributed by atoms with Crippen LogP contribution >= 0.6 is 28.1 Å². The maximum Gasteiger partial charge on any atom is 0.262 e. The molecule has 0 saturated heterocycles. The van der Waals surface area contributed by atoms with Crippen LogP contribution in [0.4, 0.5) is 0 Å². The first-order chi connectivity index (χ1) is 9.39. The van der Waals surface area contributed by atoms with Crippen LogP contribution in [-0.2, 0) is 0 Å². The van der Waals surface area contributed by atoms with Gasteiger partial charge in [0.1, 0.15) is 5.54 Å². The van der Waals surface area contributed by atoms with Crippen molar-refractivity contribution >= 4 is 45.0 Å². The van der Waals surface area contributed by atoms with Crippen molar-refractivity contribution in [3.8, 4) is 0 Å². The van der Waals surface area contributed by atoms with Crippen LogP contribution in [0.25, 0.3) is 0 Å². The van der Waals surface area contributed by atoms with E-state index in [1.165, 1.54) is 4.90 Å². The third kappa shape index (κ3) is 1.98. The number of hydrogen-bond acceptors (Lipinski definition) is 3. The van der Waals surface area contributed by atoms with E-state index in [1.807, 2.05) is 13.8 Å². The summed E-state index contributed by atoms with van der Waals surface area (Å²) in [4.78, 5) is 26.6. The second kappa shape index (κ2) is 5.26. The van der Waals surface area contributed by atoms with E-state index in [-0.39, 0.29) is 16.8 Å². The van der Waals surface area contributed by atoms with Crippen molar-refractivity contribution in [1.29, 1.82) is 0 Å². The van der Waals surface area contributed by atoms with Gasteiger partial charge in [0.15, 0.2) is 0 Å². The van der Waals surface area contributed by atoms with Crippen LogP contribution in [-0.4, -0.2) is 27.2 Å². The molecule has 0 aliphatic carbocycles. The fourth-order valence-corrected chi connectivity index (χ4v) is 3.37. The Morgan fingerprint density at radius 2 is 1.80 bits per heavy atom. The first-order valence-electron chi connectivity index (χ1n) is 6.37. The number of halogens is 1. The van der Waals surface area contributed by atoms with E-state index in [0.29, 0.717) is 24.0 Å². The summed E-state index contributed by atoms with van der Waals surface area (Å²) in [6.45, 7) is 3.75. The molecule has 2 amide bonds. The standard InChI is InChI=1S/C14H15BrN2O2S/c1-3-14(4-2,13(16)20)17-11(18)9-6-5-8(15)7-10(9)12(17)19/h5-7H,3-4H2,1-2H3,(H2,16,20). The van der Waals surface area contributed by atoms with Gasteiger partial charge in [-0.25, -0.2) is 0 Å². The van der Waals surface area contributed by atoms with Gasteiger partial charge in [-0.3, -0.25) is 14.5 Å². The molecule has 2 rings (SSSR count). The molecule has 4 nitrogen and oxygen atoms in total. The number of nitrogens with zero attached hydrogens (tertiary/aromatic N) is 1. The van der Waals surface area contributed by atoms with Crippen molar-refractivity contribution in [2.75, 3.05) is 0 Å². The Morgan fingerprint density at radius 1 is 1.25 bits per heavy atom. The molecule has 2 N–H and O–H groups in total. The van der Waals surface area contributed by atoms with E-state index in [9.17, 15) is 9.59 Å². The molecular formula is C14H15BrN2O2S. The summed E-state index contributed by atoms with van der Waals surface area (Å²) in [6, 6.07) is 5.05. The minimum atomic E-state index is -0.894. The second-order valence-electron chi connectivity index (χ2n) is 4.74. The summed E-state index contributed by atoms with van der Waals surface area (Å²) in [6.07, 6.45) is 1.01. The van der Waals surface area contributed by atoms with Crippen LogP contribution in [0.15, 0.2) is 22.7 Å². The van der Waals surface area contributed by atoms with Gasteiger partial charge >= 0.3 is 0 Å².